The fourth-order valence-corrected chi connectivity index (χ4v) is 4.37. The molecule has 0 spiro atoms. The van der Waals surface area contributed by atoms with E-state index >= 15 is 0 Å². The molecule has 1 aliphatic rings. The average Bonchev–Trinajstić information content (AvgIpc) is 3.38. The normalized spacial score (nSPS) is 17.1. The summed E-state index contributed by atoms with van der Waals surface area (Å²) in [5.74, 6) is -0.0208. The van der Waals surface area contributed by atoms with E-state index in [0.29, 0.717) is 17.6 Å². The number of hydrogen-bond donors (Lipinski definition) is 3. The van der Waals surface area contributed by atoms with Crippen molar-refractivity contribution in [1.29, 1.82) is 0 Å². The molecule has 196 valence electrons. The summed E-state index contributed by atoms with van der Waals surface area (Å²) in [6, 6.07) is 3.11. The predicted molar refractivity (Wildman–Crippen MR) is 131 cm³/mol. The Morgan fingerprint density at radius 3 is 2.81 bits per heavy atom. The van der Waals surface area contributed by atoms with Crippen molar-refractivity contribution in [2.75, 3.05) is 34.2 Å². The van der Waals surface area contributed by atoms with Crippen molar-refractivity contribution < 1.29 is 22.3 Å². The Morgan fingerprint density at radius 2 is 2.05 bits per heavy atom. The van der Waals surface area contributed by atoms with Crippen LogP contribution in [0.15, 0.2) is 35.2 Å². The van der Waals surface area contributed by atoms with Crippen molar-refractivity contribution >= 4 is 63.3 Å². The molecule has 0 amide bonds. The highest BCUT2D eigenvalue weighted by Crippen LogP contribution is 2.33. The van der Waals surface area contributed by atoms with Gasteiger partial charge in [0, 0.05) is 60.5 Å². The van der Waals surface area contributed by atoms with Gasteiger partial charge in [0.25, 0.3) is 0 Å². The maximum absolute atomic E-state index is 12.9. The average molecular weight is 558 g/mol. The molecular formula is C21H20Cl2F3N9O2. The number of anilines is 3. The van der Waals surface area contributed by atoms with Gasteiger partial charge >= 0.3 is 6.18 Å². The Balaban J connectivity index is 1.54. The minimum atomic E-state index is -4.47. The second kappa shape index (κ2) is 10.6. The third-order valence-corrected chi connectivity index (χ3v) is 6.19. The van der Waals surface area contributed by atoms with Crippen molar-refractivity contribution in [3.8, 4) is 5.88 Å². The van der Waals surface area contributed by atoms with Gasteiger partial charge in [-0.2, -0.15) is 23.1 Å². The van der Waals surface area contributed by atoms with Crippen molar-refractivity contribution in [3.05, 3.63) is 30.8 Å². The summed E-state index contributed by atoms with van der Waals surface area (Å²) in [5.41, 5.74) is 1.19. The third kappa shape index (κ3) is 5.65. The van der Waals surface area contributed by atoms with Gasteiger partial charge < -0.3 is 19.8 Å². The first-order chi connectivity index (χ1) is 17.8. The van der Waals surface area contributed by atoms with Gasteiger partial charge in [-0.3, -0.25) is 9.82 Å². The van der Waals surface area contributed by atoms with E-state index in [1.54, 1.807) is 6.07 Å². The number of nitrogens with one attached hydrogen (secondary N) is 3. The lowest BCUT2D eigenvalue weighted by Gasteiger charge is -2.34. The van der Waals surface area contributed by atoms with Crippen LogP contribution in [0.25, 0.3) is 22.1 Å². The van der Waals surface area contributed by atoms with Gasteiger partial charge in [0.15, 0.2) is 23.1 Å². The van der Waals surface area contributed by atoms with Crippen molar-refractivity contribution in [1.82, 2.24) is 30.2 Å². The monoisotopic (exact) mass is 557 g/mol. The van der Waals surface area contributed by atoms with E-state index in [-0.39, 0.29) is 40.5 Å². The topological polar surface area (TPSA) is 126 Å². The molecule has 1 aliphatic heterocycles. The number of alkyl halides is 3. The van der Waals surface area contributed by atoms with E-state index in [4.69, 9.17) is 32.7 Å². The maximum atomic E-state index is 12.9. The number of fused-ring (bicyclic) bond motifs is 2. The van der Waals surface area contributed by atoms with Crippen LogP contribution < -0.4 is 24.6 Å². The zero-order valence-electron chi connectivity index (χ0n) is 19.0. The van der Waals surface area contributed by atoms with E-state index in [1.165, 1.54) is 24.7 Å². The number of hydrogen-bond acceptors (Lipinski definition) is 11. The van der Waals surface area contributed by atoms with Crippen LogP contribution in [0.1, 0.15) is 12.8 Å². The lowest BCUT2D eigenvalue weighted by molar-refractivity contribution is -0.115. The zero-order valence-corrected chi connectivity index (χ0v) is 20.5. The molecule has 37 heavy (non-hydrogen) atoms. The highest BCUT2D eigenvalue weighted by atomic mass is 35.5. The molecule has 2 atom stereocenters. The molecule has 0 aromatic carbocycles. The molecule has 5 rings (SSSR count). The Bertz CT molecular complexity index is 1380. The molecule has 1 saturated heterocycles. The van der Waals surface area contributed by atoms with Crippen LogP contribution in [0, 0.1) is 5.92 Å². The number of ether oxygens (including phenoxy) is 1. The van der Waals surface area contributed by atoms with Gasteiger partial charge in [0.1, 0.15) is 17.9 Å². The van der Waals surface area contributed by atoms with Gasteiger partial charge in [-0.1, -0.05) is 0 Å². The smallest absolute Gasteiger partial charge is 0.405 e. The van der Waals surface area contributed by atoms with Crippen molar-refractivity contribution in [2.45, 2.75) is 25.2 Å². The summed E-state index contributed by atoms with van der Waals surface area (Å²) in [4.78, 5) is 24.0. The molecule has 4 aromatic rings. The third-order valence-electron chi connectivity index (χ3n) is 5.65. The summed E-state index contributed by atoms with van der Waals surface area (Å²) in [5, 5.41) is 5.56. The van der Waals surface area contributed by atoms with Crippen molar-refractivity contribution in [2.24, 2.45) is 5.92 Å². The van der Waals surface area contributed by atoms with Crippen LogP contribution in [0.5, 0.6) is 5.88 Å². The number of piperidine rings is 1. The molecule has 0 bridgehead atoms. The molecule has 4 aromatic heterocycles. The molecular weight excluding hydrogens is 538 g/mol. The quantitative estimate of drug-likeness (QED) is 0.210. The van der Waals surface area contributed by atoms with E-state index in [9.17, 15) is 13.2 Å². The Morgan fingerprint density at radius 1 is 1.22 bits per heavy atom. The summed E-state index contributed by atoms with van der Waals surface area (Å²) in [7, 11) is 0. The first-order valence-electron chi connectivity index (χ1n) is 11.2. The minimum absolute atomic E-state index is 0.0682. The lowest BCUT2D eigenvalue weighted by Crippen LogP contribution is -2.47. The predicted octanol–water partition coefficient (Wildman–Crippen LogP) is 4.47. The van der Waals surface area contributed by atoms with Crippen LogP contribution >= 0.6 is 23.6 Å². The summed E-state index contributed by atoms with van der Waals surface area (Å²) in [6.07, 6.45) is 0.548. The molecule has 0 saturated carbocycles. The van der Waals surface area contributed by atoms with Crippen LogP contribution in [-0.4, -0.2) is 57.0 Å². The van der Waals surface area contributed by atoms with Crippen LogP contribution in [0.2, 0.25) is 0 Å². The van der Waals surface area contributed by atoms with Crippen LogP contribution in [0.3, 0.4) is 0 Å². The number of halogens is 5. The molecule has 3 N–H and O–H groups in total. The van der Waals surface area contributed by atoms with Crippen LogP contribution in [0.4, 0.5) is 30.8 Å². The van der Waals surface area contributed by atoms with Gasteiger partial charge in [-0.05, 0) is 19.4 Å². The molecule has 11 nitrogen and oxygen atoms in total. The van der Waals surface area contributed by atoms with E-state index in [1.807, 2.05) is 0 Å². The molecule has 1 unspecified atom stereocenters. The lowest BCUT2D eigenvalue weighted by atomic mass is 9.97. The first kappa shape index (κ1) is 25.3. The summed E-state index contributed by atoms with van der Waals surface area (Å²) >= 11 is 12.6. The summed E-state index contributed by atoms with van der Waals surface area (Å²) < 4.78 is 51.4. The zero-order chi connectivity index (χ0) is 26.0. The van der Waals surface area contributed by atoms with Gasteiger partial charge in [-0.25, -0.2) is 14.4 Å². The van der Waals surface area contributed by atoms with E-state index in [0.717, 1.165) is 23.8 Å². The number of nitrogens with zero attached hydrogens (tertiary/aromatic N) is 6. The Kier molecular flexibility index (Phi) is 7.22. The summed E-state index contributed by atoms with van der Waals surface area (Å²) in [6.45, 7) is 0.0612. The van der Waals surface area contributed by atoms with Gasteiger partial charge in [0.05, 0.1) is 11.8 Å². The van der Waals surface area contributed by atoms with Gasteiger partial charge in [0.2, 0.25) is 11.8 Å². The van der Waals surface area contributed by atoms with E-state index in [2.05, 4.69) is 40.4 Å². The molecule has 1 fully saturated rings. The number of furan rings is 1. The fraction of sp³-hybridized carbons (Fsp3) is 0.381. The highest BCUT2D eigenvalue weighted by Gasteiger charge is 2.34. The first-order valence-corrected chi connectivity index (χ1v) is 11.9. The minimum Gasteiger partial charge on any atom is -0.459 e. The van der Waals surface area contributed by atoms with Crippen molar-refractivity contribution in [3.63, 3.8) is 0 Å². The van der Waals surface area contributed by atoms with Gasteiger partial charge in [-0.15, -0.1) is 0 Å². The Hall–Kier alpha value is -3.36. The molecule has 5 heterocycles. The second-order valence-corrected chi connectivity index (χ2v) is 8.79. The fourth-order valence-electron chi connectivity index (χ4n) is 4.00. The maximum Gasteiger partial charge on any atom is 0.405 e. The second-order valence-electron chi connectivity index (χ2n) is 8.23. The largest absolute Gasteiger partial charge is 0.459 e. The number of aromatic nitrogens is 5. The number of pyridine rings is 1. The highest BCUT2D eigenvalue weighted by molar-refractivity contribution is 6.25. The SMILES string of the molecule is FC(F)(F)CNc1nc(N(Cl)C(Oc2nc(NCl)cc3nccnc23)[C@H]2CCCNC2)nc2ccoc12. The molecule has 0 aliphatic carbocycles. The standard InChI is InChI=1S/C21H20Cl2F3N9O2/c22-34-14-8-13-15(29-6-5-28-13)18(32-14)37-19(11-2-1-4-27-9-11)35(23)20-31-12-3-7-36-16(12)17(33-20)30-10-21(24,25)26/h3,5-8,11,19,27H,1-2,4,9-10H2,(H,32,34)(H,30,31,33)/t11-,19?/m0/s1. The molecule has 0 radical (unpaired) electrons. The molecule has 16 heteroatoms. The number of rotatable bonds is 8. The Labute approximate surface area is 218 Å². The van der Waals surface area contributed by atoms with E-state index < -0.39 is 18.9 Å². The van der Waals surface area contributed by atoms with Crippen LogP contribution in [-0.2, 0) is 0 Å².